The number of hydrogen-bond acceptors (Lipinski definition) is 4. The Morgan fingerprint density at radius 2 is 1.97 bits per heavy atom. The summed E-state index contributed by atoms with van der Waals surface area (Å²) in [6.07, 6.45) is 4.80. The first kappa shape index (κ1) is 18.8. The van der Waals surface area contributed by atoms with Crippen LogP contribution in [0, 0.1) is 6.92 Å². The number of carbonyl (C=O) groups is 1. The Balaban J connectivity index is 1.39. The zero-order valence-corrected chi connectivity index (χ0v) is 17.5. The Morgan fingerprint density at radius 3 is 2.73 bits per heavy atom. The predicted octanol–water partition coefficient (Wildman–Crippen LogP) is 3.71. The Kier molecular flexibility index (Phi) is 4.36. The van der Waals surface area contributed by atoms with Crippen molar-refractivity contribution in [2.75, 3.05) is 0 Å². The van der Waals surface area contributed by atoms with Gasteiger partial charge in [-0.2, -0.15) is 0 Å². The fourth-order valence-corrected chi connectivity index (χ4v) is 4.36. The van der Waals surface area contributed by atoms with Crippen molar-refractivity contribution >= 4 is 28.5 Å². The van der Waals surface area contributed by atoms with Crippen molar-refractivity contribution in [1.82, 2.24) is 29.6 Å². The summed E-state index contributed by atoms with van der Waals surface area (Å²) in [5.41, 5.74) is 4.17. The van der Waals surface area contributed by atoms with E-state index in [0.29, 0.717) is 17.1 Å². The minimum atomic E-state index is -0.390. The Bertz CT molecular complexity index is 1260. The minimum absolute atomic E-state index is 0.179. The topological polar surface area (TPSA) is 77.6 Å². The van der Waals surface area contributed by atoms with Crippen molar-refractivity contribution in [1.29, 1.82) is 0 Å². The zero-order valence-electron chi connectivity index (χ0n) is 16.8. The number of benzene rings is 2. The van der Waals surface area contributed by atoms with E-state index in [1.54, 1.807) is 29.4 Å². The molecule has 0 unspecified atom stereocenters. The number of imidazole rings is 1. The van der Waals surface area contributed by atoms with Crippen LogP contribution in [0.15, 0.2) is 49.1 Å². The van der Waals surface area contributed by atoms with Crippen molar-refractivity contribution in [3.63, 3.8) is 0 Å². The van der Waals surface area contributed by atoms with Gasteiger partial charge in [0.2, 0.25) is 0 Å². The number of carbonyl (C=O) groups excluding carboxylic acids is 1. The summed E-state index contributed by atoms with van der Waals surface area (Å²) < 4.78 is 3.96. The zero-order chi connectivity index (χ0) is 20.9. The molecule has 1 N–H and O–H groups in total. The highest BCUT2D eigenvalue weighted by atomic mass is 35.5. The van der Waals surface area contributed by atoms with E-state index >= 15 is 0 Å². The molecule has 0 fully saturated rings. The van der Waals surface area contributed by atoms with Gasteiger partial charge in [0.25, 0.3) is 5.91 Å². The van der Waals surface area contributed by atoms with Gasteiger partial charge < -0.3 is 9.88 Å². The lowest BCUT2D eigenvalue weighted by Crippen LogP contribution is -2.51. The van der Waals surface area contributed by atoms with Crippen LogP contribution in [0.2, 0.25) is 5.02 Å². The van der Waals surface area contributed by atoms with Crippen LogP contribution in [0.4, 0.5) is 0 Å². The van der Waals surface area contributed by atoms with Gasteiger partial charge in [0.05, 0.1) is 27.2 Å². The van der Waals surface area contributed by atoms with Crippen LogP contribution in [-0.4, -0.2) is 35.8 Å². The molecule has 0 spiro atoms. The van der Waals surface area contributed by atoms with Gasteiger partial charge in [-0.05, 0) is 56.2 Å². The van der Waals surface area contributed by atoms with E-state index < -0.39 is 5.54 Å². The quantitative estimate of drug-likeness (QED) is 0.548. The molecule has 2 aromatic carbocycles. The Morgan fingerprint density at radius 1 is 1.17 bits per heavy atom. The van der Waals surface area contributed by atoms with Crippen LogP contribution in [0.3, 0.4) is 0 Å². The molecule has 1 amide bonds. The second kappa shape index (κ2) is 6.95. The van der Waals surface area contributed by atoms with Gasteiger partial charge in [-0.1, -0.05) is 17.7 Å². The average Bonchev–Trinajstić information content (AvgIpc) is 3.35. The number of rotatable bonds is 3. The van der Waals surface area contributed by atoms with E-state index in [-0.39, 0.29) is 5.91 Å². The van der Waals surface area contributed by atoms with E-state index in [4.69, 9.17) is 16.6 Å². The molecule has 7 nitrogen and oxygen atoms in total. The number of halogens is 1. The monoisotopic (exact) mass is 420 g/mol. The van der Waals surface area contributed by atoms with Crippen LogP contribution < -0.4 is 5.32 Å². The maximum absolute atomic E-state index is 13.0. The maximum atomic E-state index is 13.0. The molecule has 30 heavy (non-hydrogen) atoms. The molecule has 0 bridgehead atoms. The molecule has 152 valence electrons. The summed E-state index contributed by atoms with van der Waals surface area (Å²) in [5, 5.41) is 11.2. The first-order valence-corrected chi connectivity index (χ1v) is 10.2. The van der Waals surface area contributed by atoms with E-state index in [0.717, 1.165) is 35.4 Å². The summed E-state index contributed by atoms with van der Waals surface area (Å²) in [6.45, 7) is 4.82. The summed E-state index contributed by atoms with van der Waals surface area (Å²) in [6, 6.07) is 11.6. The normalized spacial score (nSPS) is 18.4. The molecule has 4 aromatic rings. The van der Waals surface area contributed by atoms with Crippen LogP contribution in [0.1, 0.15) is 35.1 Å². The molecule has 0 radical (unpaired) electrons. The number of aromatic nitrogens is 5. The molecule has 0 saturated heterocycles. The molecule has 1 aliphatic rings. The fraction of sp³-hybridized carbons (Fsp3) is 0.273. The second-order valence-corrected chi connectivity index (χ2v) is 8.56. The van der Waals surface area contributed by atoms with Crippen molar-refractivity contribution in [2.45, 2.75) is 38.8 Å². The lowest BCUT2D eigenvalue weighted by Gasteiger charge is -2.35. The molecule has 1 aliphatic heterocycles. The number of fused-ring (bicyclic) bond motifs is 3. The van der Waals surface area contributed by atoms with Crippen LogP contribution in [-0.2, 0) is 13.0 Å². The van der Waals surface area contributed by atoms with E-state index in [2.05, 4.69) is 52.1 Å². The van der Waals surface area contributed by atoms with Gasteiger partial charge >= 0.3 is 0 Å². The third-order valence-electron chi connectivity index (χ3n) is 5.72. The average molecular weight is 421 g/mol. The largest absolute Gasteiger partial charge is 0.345 e. The van der Waals surface area contributed by atoms with Crippen molar-refractivity contribution in [2.24, 2.45) is 0 Å². The Labute approximate surface area is 178 Å². The standard InChI is InChI=1S/C22H21ClN6O/c1-14-3-6-19-18(9-14)26-20-7-8-22(2,11-29(19)20)27-21(30)16-5-4-15(10-17(16)23)28-12-24-25-13-28/h3-6,9-10,12-13H,7-8,11H2,1-2H3,(H,27,30)/t22-/m1/s1. The smallest absolute Gasteiger partial charge is 0.253 e. The van der Waals surface area contributed by atoms with Gasteiger partial charge in [-0.3, -0.25) is 9.36 Å². The number of aryl methyl sites for hydroxylation is 2. The van der Waals surface area contributed by atoms with Gasteiger partial charge in [0.1, 0.15) is 18.5 Å². The molecule has 0 aliphatic carbocycles. The molecule has 8 heteroatoms. The van der Waals surface area contributed by atoms with Gasteiger partial charge in [0, 0.05) is 18.7 Å². The number of hydrogen-bond donors (Lipinski definition) is 1. The molecular formula is C22H21ClN6O. The van der Waals surface area contributed by atoms with Crippen molar-refractivity contribution in [3.8, 4) is 5.69 Å². The third-order valence-corrected chi connectivity index (χ3v) is 6.03. The van der Waals surface area contributed by atoms with Crippen LogP contribution in [0.25, 0.3) is 16.7 Å². The molecule has 5 rings (SSSR count). The highest BCUT2D eigenvalue weighted by molar-refractivity contribution is 6.34. The molecule has 2 aromatic heterocycles. The SMILES string of the molecule is Cc1ccc2c(c1)nc1n2C[C@](C)(NC(=O)c2ccc(-n3cnnc3)cc2Cl)CC1. The van der Waals surface area contributed by atoms with Gasteiger partial charge in [0.15, 0.2) is 0 Å². The van der Waals surface area contributed by atoms with E-state index in [1.807, 2.05) is 6.07 Å². The minimum Gasteiger partial charge on any atom is -0.345 e. The van der Waals surface area contributed by atoms with Crippen molar-refractivity contribution in [3.05, 3.63) is 71.0 Å². The van der Waals surface area contributed by atoms with Crippen molar-refractivity contribution < 1.29 is 4.79 Å². The molecule has 1 atom stereocenters. The van der Waals surface area contributed by atoms with Gasteiger partial charge in [-0.25, -0.2) is 4.98 Å². The first-order chi connectivity index (χ1) is 14.4. The lowest BCUT2D eigenvalue weighted by molar-refractivity contribution is 0.0883. The molecular weight excluding hydrogens is 400 g/mol. The third kappa shape index (κ3) is 3.25. The number of nitrogens with zero attached hydrogens (tertiary/aromatic N) is 5. The number of nitrogens with one attached hydrogen (secondary N) is 1. The summed E-state index contributed by atoms with van der Waals surface area (Å²) in [7, 11) is 0. The maximum Gasteiger partial charge on any atom is 0.253 e. The predicted molar refractivity (Wildman–Crippen MR) is 115 cm³/mol. The van der Waals surface area contributed by atoms with Gasteiger partial charge in [-0.15, -0.1) is 10.2 Å². The second-order valence-electron chi connectivity index (χ2n) is 8.15. The van der Waals surface area contributed by atoms with Crippen LogP contribution >= 0.6 is 11.6 Å². The fourth-order valence-electron chi connectivity index (χ4n) is 4.10. The highest BCUT2D eigenvalue weighted by Crippen LogP contribution is 2.29. The Hall–Kier alpha value is -3.19. The lowest BCUT2D eigenvalue weighted by atomic mass is 9.91. The summed E-state index contributed by atoms with van der Waals surface area (Å²) in [5.74, 6) is 0.889. The molecule has 3 heterocycles. The van der Waals surface area contributed by atoms with E-state index in [9.17, 15) is 4.79 Å². The highest BCUT2D eigenvalue weighted by Gasteiger charge is 2.33. The first-order valence-electron chi connectivity index (χ1n) is 9.85. The van der Waals surface area contributed by atoms with Crippen LogP contribution in [0.5, 0.6) is 0 Å². The number of amides is 1. The molecule has 0 saturated carbocycles. The van der Waals surface area contributed by atoms with E-state index in [1.165, 1.54) is 5.56 Å². The summed E-state index contributed by atoms with van der Waals surface area (Å²) in [4.78, 5) is 17.8. The summed E-state index contributed by atoms with van der Waals surface area (Å²) >= 11 is 6.43.